The summed E-state index contributed by atoms with van der Waals surface area (Å²) in [6.45, 7) is 5.33. The van der Waals surface area contributed by atoms with Gasteiger partial charge in [-0.05, 0) is 69.4 Å². The van der Waals surface area contributed by atoms with E-state index in [4.69, 9.17) is 9.15 Å². The lowest BCUT2D eigenvalue weighted by Gasteiger charge is -2.38. The van der Waals surface area contributed by atoms with E-state index in [1.165, 1.54) is 12.1 Å². The van der Waals surface area contributed by atoms with Crippen LogP contribution < -0.4 is 0 Å². The molecule has 0 fully saturated rings. The van der Waals surface area contributed by atoms with Gasteiger partial charge >= 0.3 is 12.1 Å². The molecule has 5 rings (SSSR count). The molecule has 0 N–H and O–H groups in total. The van der Waals surface area contributed by atoms with Crippen LogP contribution in [0.25, 0.3) is 11.3 Å². The number of halogens is 3. The van der Waals surface area contributed by atoms with Gasteiger partial charge in [-0.2, -0.15) is 13.2 Å². The maximum absolute atomic E-state index is 13.9. The zero-order valence-electron chi connectivity index (χ0n) is 20.4. The highest BCUT2D eigenvalue weighted by Gasteiger charge is 2.59. The van der Waals surface area contributed by atoms with Gasteiger partial charge < -0.3 is 9.15 Å². The monoisotopic (exact) mass is 496 g/mol. The fraction of sp³-hybridized carbons (Fsp3) is 0.379. The van der Waals surface area contributed by atoms with Gasteiger partial charge in [-0.25, -0.2) is 0 Å². The van der Waals surface area contributed by atoms with Crippen LogP contribution >= 0.6 is 0 Å². The summed E-state index contributed by atoms with van der Waals surface area (Å²) >= 11 is 0. The Bertz CT molecular complexity index is 1330. The van der Waals surface area contributed by atoms with Crippen LogP contribution in [0, 0.1) is 5.41 Å². The summed E-state index contributed by atoms with van der Waals surface area (Å²) in [7, 11) is 0. The summed E-state index contributed by atoms with van der Waals surface area (Å²) in [5.74, 6) is -0.187. The molecule has 0 amide bonds. The number of furan rings is 1. The van der Waals surface area contributed by atoms with Gasteiger partial charge in [-0.15, -0.1) is 0 Å². The number of benzene rings is 2. The largest absolute Gasteiger partial charge is 0.461 e. The van der Waals surface area contributed by atoms with Crippen molar-refractivity contribution in [3.05, 3.63) is 82.6 Å². The van der Waals surface area contributed by atoms with Crippen molar-refractivity contribution in [1.82, 2.24) is 0 Å². The third-order valence-electron chi connectivity index (χ3n) is 7.10. The normalized spacial score (nSPS) is 21.7. The van der Waals surface area contributed by atoms with Crippen LogP contribution in [0.4, 0.5) is 13.2 Å². The quantitative estimate of drug-likeness (QED) is 0.285. The van der Waals surface area contributed by atoms with Gasteiger partial charge in [0.2, 0.25) is 0 Å². The van der Waals surface area contributed by atoms with Gasteiger partial charge in [0, 0.05) is 23.5 Å². The number of carbonyl (C=O) groups is 2. The number of hydrogen-bond donors (Lipinski definition) is 0. The highest BCUT2D eigenvalue weighted by Crippen LogP contribution is 2.54. The average Bonchev–Trinajstić information content (AvgIpc) is 3.37. The predicted molar refractivity (Wildman–Crippen MR) is 128 cm³/mol. The highest BCUT2D eigenvalue weighted by molar-refractivity contribution is 6.17. The van der Waals surface area contributed by atoms with Crippen molar-refractivity contribution < 1.29 is 31.9 Å². The van der Waals surface area contributed by atoms with Crippen LogP contribution in [0.1, 0.15) is 72.3 Å². The minimum atomic E-state index is -4.43. The summed E-state index contributed by atoms with van der Waals surface area (Å²) < 4.78 is 51.0. The van der Waals surface area contributed by atoms with E-state index < -0.39 is 34.6 Å². The highest BCUT2D eigenvalue weighted by atomic mass is 19.4. The van der Waals surface area contributed by atoms with Gasteiger partial charge in [-0.3, -0.25) is 9.59 Å². The van der Waals surface area contributed by atoms with Crippen molar-refractivity contribution in [2.24, 2.45) is 5.41 Å². The number of hydrogen-bond acceptors (Lipinski definition) is 4. The van der Waals surface area contributed by atoms with E-state index in [0.29, 0.717) is 41.9 Å². The molecule has 0 saturated heterocycles. The molecule has 4 nitrogen and oxygen atoms in total. The third kappa shape index (κ3) is 4.04. The van der Waals surface area contributed by atoms with Gasteiger partial charge in [0.15, 0.2) is 5.78 Å². The van der Waals surface area contributed by atoms with Crippen LogP contribution in [-0.4, -0.2) is 17.4 Å². The van der Waals surface area contributed by atoms with Crippen molar-refractivity contribution in [3.63, 3.8) is 0 Å². The lowest BCUT2D eigenvalue weighted by atomic mass is 9.65. The minimum absolute atomic E-state index is 0.238. The number of ether oxygens (including phenoxy) is 1. The van der Waals surface area contributed by atoms with E-state index in [1.807, 2.05) is 12.1 Å². The number of fused-ring (bicyclic) bond motifs is 2. The Kier molecular flexibility index (Phi) is 5.65. The first-order valence-corrected chi connectivity index (χ1v) is 12.1. The van der Waals surface area contributed by atoms with Crippen molar-refractivity contribution in [3.8, 4) is 11.3 Å². The van der Waals surface area contributed by atoms with Crippen molar-refractivity contribution in [2.45, 2.75) is 64.1 Å². The summed E-state index contributed by atoms with van der Waals surface area (Å²) in [5.41, 5.74) is -0.342. The Morgan fingerprint density at radius 1 is 1.06 bits per heavy atom. The van der Waals surface area contributed by atoms with Crippen molar-refractivity contribution in [1.29, 1.82) is 0 Å². The molecule has 0 spiro atoms. The van der Waals surface area contributed by atoms with Gasteiger partial charge in [0.25, 0.3) is 0 Å². The second-order valence-corrected chi connectivity index (χ2v) is 10.6. The molecular weight excluding hydrogens is 469 g/mol. The van der Waals surface area contributed by atoms with Crippen molar-refractivity contribution in [2.75, 3.05) is 0 Å². The topological polar surface area (TPSA) is 56.5 Å². The smallest absolute Gasteiger partial charge is 0.416 e. The van der Waals surface area contributed by atoms with Crippen LogP contribution in [-0.2, 0) is 28.5 Å². The number of esters is 1. The molecule has 0 radical (unpaired) electrons. The van der Waals surface area contributed by atoms with Crippen LogP contribution in [0.3, 0.4) is 0 Å². The maximum atomic E-state index is 13.9. The Labute approximate surface area is 207 Å². The van der Waals surface area contributed by atoms with E-state index in [-0.39, 0.29) is 12.2 Å². The van der Waals surface area contributed by atoms with E-state index in [9.17, 15) is 22.8 Å². The second-order valence-electron chi connectivity index (χ2n) is 10.6. The van der Waals surface area contributed by atoms with Crippen LogP contribution in [0.2, 0.25) is 0 Å². The Morgan fingerprint density at radius 3 is 2.39 bits per heavy atom. The SMILES string of the molecule is CC(C)(C)OC(=O)[C@@]1([C@@H]2CCCc3oc(-c4ccc(C(F)(F)F)cc4)cc32)Cc2ccccc2C1=O. The summed E-state index contributed by atoms with van der Waals surface area (Å²) in [6, 6.07) is 13.8. The van der Waals surface area contributed by atoms with Crippen LogP contribution in [0.15, 0.2) is 59.0 Å². The summed E-state index contributed by atoms with van der Waals surface area (Å²) in [4.78, 5) is 27.7. The number of rotatable bonds is 3. The minimum Gasteiger partial charge on any atom is -0.461 e. The van der Waals surface area contributed by atoms with Gasteiger partial charge in [0.05, 0.1) is 5.56 Å². The Balaban J connectivity index is 1.59. The molecular formula is C29H27F3O4. The molecule has 3 aromatic rings. The number of Topliss-reactive ketones (excluding diaryl/α,β-unsaturated/α-hetero) is 1. The first-order chi connectivity index (χ1) is 16.9. The molecule has 2 aromatic carbocycles. The molecule has 36 heavy (non-hydrogen) atoms. The maximum Gasteiger partial charge on any atom is 0.416 e. The van der Waals surface area contributed by atoms with E-state index in [1.54, 1.807) is 39.0 Å². The first kappa shape index (κ1) is 24.3. The lowest BCUT2D eigenvalue weighted by Crippen LogP contribution is -2.47. The fourth-order valence-electron chi connectivity index (χ4n) is 5.51. The van der Waals surface area contributed by atoms with Gasteiger partial charge in [0.1, 0.15) is 22.5 Å². The van der Waals surface area contributed by atoms with Crippen molar-refractivity contribution >= 4 is 11.8 Å². The molecule has 188 valence electrons. The molecule has 0 aliphatic heterocycles. The van der Waals surface area contributed by atoms with Gasteiger partial charge in [-0.1, -0.05) is 36.4 Å². The molecule has 2 atom stereocenters. The van der Waals surface area contributed by atoms with E-state index in [0.717, 1.165) is 23.3 Å². The zero-order chi connectivity index (χ0) is 25.9. The Hall–Kier alpha value is -3.35. The molecule has 2 aliphatic rings. The lowest BCUT2D eigenvalue weighted by molar-refractivity contribution is -0.165. The van der Waals surface area contributed by atoms with E-state index in [2.05, 4.69) is 0 Å². The number of aryl methyl sites for hydroxylation is 1. The number of ketones is 1. The van der Waals surface area contributed by atoms with E-state index >= 15 is 0 Å². The Morgan fingerprint density at radius 2 is 1.75 bits per heavy atom. The number of alkyl halides is 3. The predicted octanol–water partition coefficient (Wildman–Crippen LogP) is 7.15. The molecule has 1 aromatic heterocycles. The number of carbonyl (C=O) groups excluding carboxylic acids is 2. The molecule has 0 bridgehead atoms. The molecule has 0 unspecified atom stereocenters. The standard InChI is InChI=1S/C29H27F3O4/c1-27(2,3)36-26(34)28(16-18-7-4-5-8-20(18)25(28)33)22-9-6-10-23-21(22)15-24(35-23)17-11-13-19(14-12-17)29(30,31)32/h4-5,7-8,11-15,22H,6,9-10,16H2,1-3H3/t22-,28-/m1/s1. The summed E-state index contributed by atoms with van der Waals surface area (Å²) in [6.07, 6.45) is -2.26. The zero-order valence-corrected chi connectivity index (χ0v) is 20.4. The fourth-order valence-corrected chi connectivity index (χ4v) is 5.51. The van der Waals surface area contributed by atoms with Crippen LogP contribution in [0.5, 0.6) is 0 Å². The third-order valence-corrected chi connectivity index (χ3v) is 7.10. The molecule has 0 saturated carbocycles. The second kappa shape index (κ2) is 8.36. The molecule has 2 aliphatic carbocycles. The summed E-state index contributed by atoms with van der Waals surface area (Å²) in [5, 5.41) is 0. The molecule has 1 heterocycles. The molecule has 7 heteroatoms. The average molecular weight is 497 g/mol. The first-order valence-electron chi connectivity index (χ1n) is 12.1.